The second-order valence-corrected chi connectivity index (χ2v) is 9.86. The smallest absolute Gasteiger partial charge is 0.230 e. The van der Waals surface area contributed by atoms with E-state index in [1.54, 1.807) is 23.2 Å². The lowest BCUT2D eigenvalue weighted by atomic mass is 10.2. The fourth-order valence-corrected chi connectivity index (χ4v) is 6.14. The first-order chi connectivity index (χ1) is 15.1. The van der Waals surface area contributed by atoms with Crippen LogP contribution in [0.2, 0.25) is 0 Å². The van der Waals surface area contributed by atoms with Crippen molar-refractivity contribution in [3.63, 3.8) is 0 Å². The molecule has 4 aromatic rings. The van der Waals surface area contributed by atoms with E-state index in [1.165, 1.54) is 33.0 Å². The lowest BCUT2D eigenvalue weighted by Crippen LogP contribution is -2.24. The molecule has 0 N–H and O–H groups in total. The van der Waals surface area contributed by atoms with Gasteiger partial charge in [0.15, 0.2) is 5.13 Å². The fraction of sp³-hybridized carbons (Fsp3) is 0.292. The Hall–Kier alpha value is -2.61. The van der Waals surface area contributed by atoms with E-state index in [9.17, 15) is 4.79 Å². The van der Waals surface area contributed by atoms with Gasteiger partial charge in [0.2, 0.25) is 5.91 Å². The van der Waals surface area contributed by atoms with Crippen LogP contribution in [0.25, 0.3) is 10.2 Å². The highest BCUT2D eigenvalue weighted by Crippen LogP contribution is 2.38. The summed E-state index contributed by atoms with van der Waals surface area (Å²) in [6, 6.07) is 16.7. The molecule has 1 fully saturated rings. The Kier molecular flexibility index (Phi) is 5.56. The first-order valence-electron chi connectivity index (χ1n) is 10.5. The molecule has 0 spiro atoms. The molecule has 1 unspecified atom stereocenters. The maximum atomic E-state index is 12.4. The Balaban J connectivity index is 1.36. The minimum Gasteiger partial charge on any atom is -0.288 e. The third kappa shape index (κ3) is 4.13. The Morgan fingerprint density at radius 3 is 2.74 bits per heavy atom. The van der Waals surface area contributed by atoms with Crippen LogP contribution in [0, 0.1) is 6.92 Å². The van der Waals surface area contributed by atoms with Crippen molar-refractivity contribution < 1.29 is 4.79 Å². The van der Waals surface area contributed by atoms with Gasteiger partial charge in [0, 0.05) is 18.8 Å². The standard InChI is InChI=1S/C24H24N4OS2/c1-16-9-11-19(12-10-16)28(17(2)29)24-25-18(15-30-24)14-27-13-5-7-21(27)23-26-20-6-3-4-8-22(20)31-23/h3-4,6,8-12,15,21H,5,7,13-14H2,1-2H3. The van der Waals surface area contributed by atoms with Gasteiger partial charge >= 0.3 is 0 Å². The van der Waals surface area contributed by atoms with Crippen molar-refractivity contribution in [3.05, 3.63) is 70.2 Å². The zero-order chi connectivity index (χ0) is 21.4. The van der Waals surface area contributed by atoms with Crippen molar-refractivity contribution in [2.45, 2.75) is 39.3 Å². The van der Waals surface area contributed by atoms with Crippen molar-refractivity contribution >= 4 is 49.6 Å². The molecule has 7 heteroatoms. The molecule has 158 valence electrons. The number of aryl methyl sites for hydroxylation is 1. The average Bonchev–Trinajstić information content (AvgIpc) is 3.49. The number of nitrogens with zero attached hydrogens (tertiary/aromatic N) is 4. The number of rotatable bonds is 5. The van der Waals surface area contributed by atoms with E-state index >= 15 is 0 Å². The van der Waals surface area contributed by atoms with Crippen molar-refractivity contribution in [3.8, 4) is 0 Å². The zero-order valence-corrected chi connectivity index (χ0v) is 19.2. The third-order valence-corrected chi connectivity index (χ3v) is 7.67. The summed E-state index contributed by atoms with van der Waals surface area (Å²) in [7, 11) is 0. The molecule has 0 saturated carbocycles. The number of likely N-dealkylation sites (tertiary alicyclic amines) is 1. The van der Waals surface area contributed by atoms with Gasteiger partial charge in [-0.3, -0.25) is 14.6 Å². The summed E-state index contributed by atoms with van der Waals surface area (Å²) >= 11 is 3.32. The number of hydrogen-bond acceptors (Lipinski definition) is 6. The summed E-state index contributed by atoms with van der Waals surface area (Å²) in [5.41, 5.74) is 4.11. The molecule has 0 aliphatic carbocycles. The molecule has 1 saturated heterocycles. The van der Waals surface area contributed by atoms with E-state index < -0.39 is 0 Å². The Labute approximate surface area is 190 Å². The number of thiazole rings is 2. The van der Waals surface area contributed by atoms with Gasteiger partial charge in [0.25, 0.3) is 0 Å². The van der Waals surface area contributed by atoms with Crippen LogP contribution < -0.4 is 4.90 Å². The number of hydrogen-bond donors (Lipinski definition) is 0. The number of fused-ring (bicyclic) bond motifs is 1. The fourth-order valence-electron chi connectivity index (χ4n) is 4.13. The van der Waals surface area contributed by atoms with Crippen LogP contribution in [0.4, 0.5) is 10.8 Å². The zero-order valence-electron chi connectivity index (χ0n) is 17.6. The van der Waals surface area contributed by atoms with Crippen molar-refractivity contribution in [2.24, 2.45) is 0 Å². The summed E-state index contributed by atoms with van der Waals surface area (Å²) in [6.45, 7) is 5.45. The van der Waals surface area contributed by atoms with Crippen LogP contribution >= 0.6 is 22.7 Å². The molecule has 0 radical (unpaired) electrons. The first kappa shape index (κ1) is 20.3. The lowest BCUT2D eigenvalue weighted by Gasteiger charge is -2.22. The van der Waals surface area contributed by atoms with Crippen LogP contribution in [0.15, 0.2) is 53.9 Å². The molecule has 1 amide bonds. The van der Waals surface area contributed by atoms with Crippen LogP contribution in [-0.2, 0) is 11.3 Å². The predicted molar refractivity (Wildman–Crippen MR) is 128 cm³/mol. The van der Waals surface area contributed by atoms with Gasteiger partial charge in [-0.25, -0.2) is 9.97 Å². The molecule has 1 aliphatic heterocycles. The largest absolute Gasteiger partial charge is 0.288 e. The van der Waals surface area contributed by atoms with E-state index in [1.807, 2.05) is 37.3 Å². The maximum Gasteiger partial charge on any atom is 0.230 e. The molecular formula is C24H24N4OS2. The maximum absolute atomic E-state index is 12.4. The van der Waals surface area contributed by atoms with Gasteiger partial charge in [0.05, 0.1) is 27.6 Å². The minimum atomic E-state index is -0.0294. The summed E-state index contributed by atoms with van der Waals surface area (Å²) in [6.07, 6.45) is 2.29. The molecule has 0 bridgehead atoms. The van der Waals surface area contributed by atoms with Crippen LogP contribution in [0.3, 0.4) is 0 Å². The van der Waals surface area contributed by atoms with E-state index in [0.717, 1.165) is 41.5 Å². The van der Waals surface area contributed by atoms with Gasteiger partial charge in [0.1, 0.15) is 5.01 Å². The normalized spacial score (nSPS) is 16.8. The van der Waals surface area contributed by atoms with Crippen LogP contribution in [0.5, 0.6) is 0 Å². The number of benzene rings is 2. The molecule has 31 heavy (non-hydrogen) atoms. The number of anilines is 2. The number of aromatic nitrogens is 2. The predicted octanol–water partition coefficient (Wildman–Crippen LogP) is 6.08. The third-order valence-electron chi connectivity index (χ3n) is 5.66. The number of amides is 1. The van der Waals surface area contributed by atoms with E-state index in [4.69, 9.17) is 9.97 Å². The highest BCUT2D eigenvalue weighted by atomic mass is 32.1. The minimum absolute atomic E-state index is 0.0294. The Morgan fingerprint density at radius 1 is 1.16 bits per heavy atom. The van der Waals surface area contributed by atoms with Crippen LogP contribution in [-0.4, -0.2) is 27.3 Å². The van der Waals surface area contributed by atoms with Crippen molar-refractivity contribution in [1.29, 1.82) is 0 Å². The van der Waals surface area contributed by atoms with Crippen molar-refractivity contribution in [1.82, 2.24) is 14.9 Å². The SMILES string of the molecule is CC(=O)N(c1ccc(C)cc1)c1nc(CN2CCCC2c2nc3ccccc3s2)cs1. The topological polar surface area (TPSA) is 49.3 Å². The quantitative estimate of drug-likeness (QED) is 0.371. The van der Waals surface area contributed by atoms with Gasteiger partial charge in [-0.1, -0.05) is 29.8 Å². The second kappa shape index (κ2) is 8.49. The molecule has 1 atom stereocenters. The monoisotopic (exact) mass is 448 g/mol. The highest BCUT2D eigenvalue weighted by molar-refractivity contribution is 7.18. The van der Waals surface area contributed by atoms with Gasteiger partial charge in [-0.15, -0.1) is 22.7 Å². The number of carbonyl (C=O) groups is 1. The van der Waals surface area contributed by atoms with E-state index in [-0.39, 0.29) is 5.91 Å². The molecule has 5 rings (SSSR count). The molecular weight excluding hydrogens is 424 g/mol. The molecule has 1 aliphatic rings. The summed E-state index contributed by atoms with van der Waals surface area (Å²) in [4.78, 5) is 26.3. The summed E-state index contributed by atoms with van der Waals surface area (Å²) in [5.74, 6) is -0.0294. The van der Waals surface area contributed by atoms with Gasteiger partial charge in [-0.2, -0.15) is 0 Å². The number of carbonyl (C=O) groups excluding carboxylic acids is 1. The molecule has 2 aromatic carbocycles. The van der Waals surface area contributed by atoms with Gasteiger partial charge < -0.3 is 0 Å². The summed E-state index contributed by atoms with van der Waals surface area (Å²) in [5, 5.41) is 3.99. The summed E-state index contributed by atoms with van der Waals surface area (Å²) < 4.78 is 1.25. The van der Waals surface area contributed by atoms with E-state index in [0.29, 0.717) is 6.04 Å². The highest BCUT2D eigenvalue weighted by Gasteiger charge is 2.29. The van der Waals surface area contributed by atoms with E-state index in [2.05, 4.69) is 28.5 Å². The average molecular weight is 449 g/mol. The van der Waals surface area contributed by atoms with Gasteiger partial charge in [-0.05, 0) is 50.6 Å². The molecule has 3 heterocycles. The molecule has 5 nitrogen and oxygen atoms in total. The lowest BCUT2D eigenvalue weighted by molar-refractivity contribution is -0.115. The second-order valence-electron chi connectivity index (χ2n) is 7.96. The first-order valence-corrected chi connectivity index (χ1v) is 12.2. The number of para-hydroxylation sites is 1. The Bertz CT molecular complexity index is 1180. The molecule has 2 aromatic heterocycles. The van der Waals surface area contributed by atoms with Crippen molar-refractivity contribution in [2.75, 3.05) is 11.4 Å². The van der Waals surface area contributed by atoms with Crippen LogP contribution in [0.1, 0.15) is 42.1 Å². The Morgan fingerprint density at radius 2 is 1.97 bits per heavy atom.